The Labute approximate surface area is 126 Å². The molecule has 4 heteroatoms. The third-order valence-electron chi connectivity index (χ3n) is 3.98. The Morgan fingerprint density at radius 1 is 1.29 bits per heavy atom. The van der Waals surface area contributed by atoms with Crippen LogP contribution in [0.1, 0.15) is 54.9 Å². The second-order valence-corrected chi connectivity index (χ2v) is 5.62. The van der Waals surface area contributed by atoms with Gasteiger partial charge in [-0.3, -0.25) is 4.98 Å². The number of aryl methyl sites for hydroxylation is 1. The largest absolute Gasteiger partial charge is 0.310 e. The van der Waals surface area contributed by atoms with Crippen molar-refractivity contribution in [1.29, 1.82) is 0 Å². The van der Waals surface area contributed by atoms with Gasteiger partial charge in [-0.25, -0.2) is 9.97 Å². The van der Waals surface area contributed by atoms with Gasteiger partial charge in [0.15, 0.2) is 0 Å². The molecule has 3 rings (SSSR count). The Bertz CT molecular complexity index is 583. The molecule has 0 aromatic carbocycles. The number of rotatable bonds is 5. The van der Waals surface area contributed by atoms with E-state index in [2.05, 4.69) is 22.2 Å². The fourth-order valence-electron chi connectivity index (χ4n) is 2.89. The average Bonchev–Trinajstić information content (AvgIpc) is 2.53. The molecule has 0 aliphatic heterocycles. The van der Waals surface area contributed by atoms with Crippen LogP contribution in [0.4, 0.5) is 0 Å². The summed E-state index contributed by atoms with van der Waals surface area (Å²) in [5, 5.41) is 3.61. The summed E-state index contributed by atoms with van der Waals surface area (Å²) < 4.78 is 0. The molecule has 4 nitrogen and oxygen atoms in total. The van der Waals surface area contributed by atoms with Crippen LogP contribution in [0.5, 0.6) is 0 Å². The van der Waals surface area contributed by atoms with Gasteiger partial charge in [-0.15, -0.1) is 0 Å². The molecule has 0 saturated carbocycles. The highest BCUT2D eigenvalue weighted by Gasteiger charge is 2.21. The maximum atomic E-state index is 4.80. The zero-order chi connectivity index (χ0) is 14.5. The maximum absolute atomic E-state index is 4.80. The Morgan fingerprint density at radius 2 is 2.14 bits per heavy atom. The highest BCUT2D eigenvalue weighted by atomic mass is 14.9. The van der Waals surface area contributed by atoms with E-state index in [4.69, 9.17) is 4.98 Å². The van der Waals surface area contributed by atoms with Crippen molar-refractivity contribution < 1.29 is 0 Å². The summed E-state index contributed by atoms with van der Waals surface area (Å²) in [6.07, 6.45) is 11.1. The number of nitrogens with zero attached hydrogens (tertiary/aromatic N) is 3. The first-order valence-electron chi connectivity index (χ1n) is 7.84. The lowest BCUT2D eigenvalue weighted by Gasteiger charge is -2.25. The lowest BCUT2D eigenvalue weighted by molar-refractivity contribution is 0.452. The van der Waals surface area contributed by atoms with Gasteiger partial charge in [0.1, 0.15) is 5.82 Å². The quantitative estimate of drug-likeness (QED) is 0.916. The van der Waals surface area contributed by atoms with Crippen LogP contribution >= 0.6 is 0 Å². The van der Waals surface area contributed by atoms with Crippen LogP contribution in [0.3, 0.4) is 0 Å². The lowest BCUT2D eigenvalue weighted by Crippen LogP contribution is -2.27. The number of pyridine rings is 1. The summed E-state index contributed by atoms with van der Waals surface area (Å²) in [5.74, 6) is 0.913. The van der Waals surface area contributed by atoms with Gasteiger partial charge in [-0.05, 0) is 49.9 Å². The van der Waals surface area contributed by atoms with Gasteiger partial charge in [-0.2, -0.15) is 0 Å². The molecule has 110 valence electrons. The Balaban J connectivity index is 1.78. The molecule has 1 aliphatic carbocycles. The zero-order valence-corrected chi connectivity index (χ0v) is 12.5. The van der Waals surface area contributed by atoms with E-state index < -0.39 is 0 Å². The second-order valence-electron chi connectivity index (χ2n) is 5.62. The molecule has 1 aliphatic rings. The summed E-state index contributed by atoms with van der Waals surface area (Å²) in [6.45, 7) is 3.26. The van der Waals surface area contributed by atoms with Crippen molar-refractivity contribution in [1.82, 2.24) is 20.3 Å². The van der Waals surface area contributed by atoms with E-state index >= 15 is 0 Å². The van der Waals surface area contributed by atoms with Crippen LogP contribution < -0.4 is 5.32 Å². The van der Waals surface area contributed by atoms with Crippen LogP contribution in [-0.4, -0.2) is 21.5 Å². The first-order chi connectivity index (χ1) is 10.4. The molecule has 0 saturated heterocycles. The minimum Gasteiger partial charge on any atom is -0.310 e. The van der Waals surface area contributed by atoms with Gasteiger partial charge in [0.25, 0.3) is 0 Å². The van der Waals surface area contributed by atoms with Crippen molar-refractivity contribution in [2.75, 3.05) is 6.54 Å². The van der Waals surface area contributed by atoms with Gasteiger partial charge in [0.05, 0.1) is 0 Å². The number of fused-ring (bicyclic) bond motifs is 1. The van der Waals surface area contributed by atoms with Crippen molar-refractivity contribution in [2.24, 2.45) is 0 Å². The molecule has 1 N–H and O–H groups in total. The van der Waals surface area contributed by atoms with Gasteiger partial charge >= 0.3 is 0 Å². The Hall–Kier alpha value is -1.81. The van der Waals surface area contributed by atoms with E-state index in [1.807, 2.05) is 30.7 Å². The minimum atomic E-state index is 0.434. The highest BCUT2D eigenvalue weighted by molar-refractivity contribution is 5.26. The predicted molar refractivity (Wildman–Crippen MR) is 83.0 cm³/mol. The van der Waals surface area contributed by atoms with Crippen molar-refractivity contribution >= 4 is 0 Å². The molecule has 0 bridgehead atoms. The fourth-order valence-corrected chi connectivity index (χ4v) is 2.89. The smallest absolute Gasteiger partial charge is 0.132 e. The van der Waals surface area contributed by atoms with Crippen molar-refractivity contribution in [3.8, 4) is 0 Å². The molecule has 2 aromatic rings. The topological polar surface area (TPSA) is 50.7 Å². The SMILES string of the molecule is CCCNC1CCCc2nc(Cc3ccncc3)ncc21. The number of aromatic nitrogens is 3. The van der Waals surface area contributed by atoms with E-state index in [9.17, 15) is 0 Å². The van der Waals surface area contributed by atoms with Crippen LogP contribution in [-0.2, 0) is 12.8 Å². The first-order valence-corrected chi connectivity index (χ1v) is 7.84. The number of hydrogen-bond donors (Lipinski definition) is 1. The highest BCUT2D eigenvalue weighted by Crippen LogP contribution is 2.28. The lowest BCUT2D eigenvalue weighted by atomic mass is 9.92. The molecule has 21 heavy (non-hydrogen) atoms. The van der Waals surface area contributed by atoms with Crippen LogP contribution in [0.25, 0.3) is 0 Å². The third-order valence-corrected chi connectivity index (χ3v) is 3.98. The molecular formula is C17H22N4. The Kier molecular flexibility index (Phi) is 4.55. The molecule has 0 amide bonds. The fraction of sp³-hybridized carbons (Fsp3) is 0.471. The average molecular weight is 282 g/mol. The Morgan fingerprint density at radius 3 is 2.95 bits per heavy atom. The van der Waals surface area contributed by atoms with E-state index in [1.165, 1.54) is 29.7 Å². The zero-order valence-electron chi connectivity index (χ0n) is 12.5. The molecule has 1 atom stereocenters. The van der Waals surface area contributed by atoms with Gasteiger partial charge < -0.3 is 5.32 Å². The van der Waals surface area contributed by atoms with E-state index in [-0.39, 0.29) is 0 Å². The summed E-state index contributed by atoms with van der Waals surface area (Å²) in [6, 6.07) is 4.48. The molecular weight excluding hydrogens is 260 g/mol. The summed E-state index contributed by atoms with van der Waals surface area (Å²) >= 11 is 0. The van der Waals surface area contributed by atoms with E-state index in [1.54, 1.807) is 0 Å². The van der Waals surface area contributed by atoms with E-state index in [0.29, 0.717) is 6.04 Å². The van der Waals surface area contributed by atoms with Crippen LogP contribution in [0.2, 0.25) is 0 Å². The van der Waals surface area contributed by atoms with Crippen molar-refractivity contribution in [3.05, 3.63) is 53.4 Å². The number of hydrogen-bond acceptors (Lipinski definition) is 4. The molecule has 2 aromatic heterocycles. The van der Waals surface area contributed by atoms with Crippen LogP contribution in [0, 0.1) is 0 Å². The van der Waals surface area contributed by atoms with Gasteiger partial charge in [0.2, 0.25) is 0 Å². The minimum absolute atomic E-state index is 0.434. The molecule has 0 fully saturated rings. The number of nitrogens with one attached hydrogen (secondary N) is 1. The standard InChI is InChI=1S/C17H22N4/c1-2-8-19-15-4-3-5-16-14(15)12-20-17(21-16)11-13-6-9-18-10-7-13/h6-7,9-10,12,15,19H,2-5,8,11H2,1H3. The predicted octanol–water partition coefficient (Wildman–Crippen LogP) is 2.84. The third kappa shape index (κ3) is 3.45. The maximum Gasteiger partial charge on any atom is 0.132 e. The van der Waals surface area contributed by atoms with Crippen LogP contribution in [0.15, 0.2) is 30.7 Å². The molecule has 2 heterocycles. The molecule has 0 spiro atoms. The van der Waals surface area contributed by atoms with Gasteiger partial charge in [0, 0.05) is 42.3 Å². The molecule has 1 unspecified atom stereocenters. The van der Waals surface area contributed by atoms with Gasteiger partial charge in [-0.1, -0.05) is 6.92 Å². The van der Waals surface area contributed by atoms with E-state index in [0.717, 1.165) is 31.6 Å². The first kappa shape index (κ1) is 14.1. The molecule has 0 radical (unpaired) electrons. The summed E-state index contributed by atoms with van der Waals surface area (Å²) in [5.41, 5.74) is 3.74. The second kappa shape index (κ2) is 6.76. The normalized spacial score (nSPS) is 17.5. The van der Waals surface area contributed by atoms with Crippen molar-refractivity contribution in [2.45, 2.75) is 45.1 Å². The van der Waals surface area contributed by atoms with Crippen molar-refractivity contribution in [3.63, 3.8) is 0 Å². The monoisotopic (exact) mass is 282 g/mol. The summed E-state index contributed by atoms with van der Waals surface area (Å²) in [4.78, 5) is 13.4. The summed E-state index contributed by atoms with van der Waals surface area (Å²) in [7, 11) is 0.